The molecular weight excluding hydrogens is 370 g/mol. The molecule has 5 rings (SSSR count). The quantitative estimate of drug-likeness (QED) is 0.679. The van der Waals surface area contributed by atoms with E-state index < -0.39 is 11.5 Å². The second-order valence-electron chi connectivity index (χ2n) is 7.08. The van der Waals surface area contributed by atoms with Crippen LogP contribution in [0.3, 0.4) is 0 Å². The molecule has 4 nitrogen and oxygen atoms in total. The third kappa shape index (κ3) is 2.26. The first-order valence-electron chi connectivity index (χ1n) is 9.15. The second-order valence-corrected chi connectivity index (χ2v) is 8.23. The molecule has 2 aliphatic rings. The predicted molar refractivity (Wildman–Crippen MR) is 110 cm³/mol. The Balaban J connectivity index is 1.77. The Bertz CT molecular complexity index is 1070. The number of carbonyl (C=O) groups excluding carboxylic acids is 1. The minimum absolute atomic E-state index is 0.163. The number of hydrogen-bond donors (Lipinski definition) is 2. The maximum absolute atomic E-state index is 13.4. The Kier molecular flexibility index (Phi) is 3.96. The molecule has 3 aromatic carbocycles. The third-order valence-electron chi connectivity index (χ3n) is 5.72. The standard InChI is InChI=1S/C23H19NO3S/c1-27-15-12-10-14(11-13-15)21-23(17-7-3-4-8-18(17)24-22(23)26)20(25)16-6-2-5-9-19(16)28-21/h2-13,20-21,25H,1H3,(H,24,26)/t20-,21-,23+/m0/s1. The molecule has 2 aliphatic heterocycles. The van der Waals surface area contributed by atoms with Gasteiger partial charge in [-0.15, -0.1) is 11.8 Å². The molecule has 0 fully saturated rings. The zero-order chi connectivity index (χ0) is 19.3. The van der Waals surface area contributed by atoms with Crippen LogP contribution in [-0.2, 0) is 10.2 Å². The number of thioether (sulfide) groups is 1. The molecule has 0 aliphatic carbocycles. The zero-order valence-corrected chi connectivity index (χ0v) is 16.1. The van der Waals surface area contributed by atoms with Gasteiger partial charge < -0.3 is 15.2 Å². The Morgan fingerprint density at radius 3 is 2.50 bits per heavy atom. The van der Waals surface area contributed by atoms with Crippen LogP contribution in [0.4, 0.5) is 5.69 Å². The molecule has 5 heteroatoms. The highest BCUT2D eigenvalue weighted by Crippen LogP contribution is 2.63. The minimum atomic E-state index is -1.09. The normalized spacial score (nSPS) is 25.1. The average Bonchev–Trinajstić information content (AvgIpc) is 3.03. The van der Waals surface area contributed by atoms with Gasteiger partial charge in [0.15, 0.2) is 0 Å². The van der Waals surface area contributed by atoms with Gasteiger partial charge in [-0.2, -0.15) is 0 Å². The first kappa shape index (κ1) is 17.3. The Morgan fingerprint density at radius 1 is 1.00 bits per heavy atom. The molecule has 28 heavy (non-hydrogen) atoms. The Morgan fingerprint density at radius 2 is 1.71 bits per heavy atom. The lowest BCUT2D eigenvalue weighted by atomic mass is 9.69. The zero-order valence-electron chi connectivity index (χ0n) is 15.3. The number of anilines is 1. The van der Waals surface area contributed by atoms with E-state index in [1.807, 2.05) is 72.8 Å². The molecule has 0 bridgehead atoms. The van der Waals surface area contributed by atoms with Gasteiger partial charge in [0.1, 0.15) is 17.3 Å². The van der Waals surface area contributed by atoms with Crippen LogP contribution in [0.5, 0.6) is 5.75 Å². The fourth-order valence-electron chi connectivity index (χ4n) is 4.36. The van der Waals surface area contributed by atoms with Crippen molar-refractivity contribution < 1.29 is 14.6 Å². The topological polar surface area (TPSA) is 58.6 Å². The van der Waals surface area contributed by atoms with E-state index in [-0.39, 0.29) is 11.2 Å². The number of ether oxygens (including phenoxy) is 1. The molecule has 140 valence electrons. The van der Waals surface area contributed by atoms with Crippen molar-refractivity contribution in [1.29, 1.82) is 0 Å². The minimum Gasteiger partial charge on any atom is -0.497 e. The number of rotatable bonds is 2. The van der Waals surface area contributed by atoms with Crippen LogP contribution in [-0.4, -0.2) is 18.1 Å². The van der Waals surface area contributed by atoms with Gasteiger partial charge >= 0.3 is 0 Å². The Labute approximate surface area is 167 Å². The highest BCUT2D eigenvalue weighted by atomic mass is 32.2. The van der Waals surface area contributed by atoms with Crippen molar-refractivity contribution in [2.75, 3.05) is 12.4 Å². The van der Waals surface area contributed by atoms with E-state index in [0.717, 1.165) is 33.0 Å². The average molecular weight is 389 g/mol. The van der Waals surface area contributed by atoms with Gasteiger partial charge in [0.25, 0.3) is 0 Å². The van der Waals surface area contributed by atoms with Gasteiger partial charge in [-0.05, 0) is 41.0 Å². The second kappa shape index (κ2) is 6.40. The summed E-state index contributed by atoms with van der Waals surface area (Å²) in [7, 11) is 1.63. The van der Waals surface area contributed by atoms with Crippen molar-refractivity contribution in [2.24, 2.45) is 0 Å². The van der Waals surface area contributed by atoms with E-state index >= 15 is 0 Å². The van der Waals surface area contributed by atoms with Crippen LogP contribution >= 0.6 is 11.8 Å². The van der Waals surface area contributed by atoms with Crippen molar-refractivity contribution in [3.05, 3.63) is 89.5 Å². The van der Waals surface area contributed by atoms with Crippen LogP contribution in [0.2, 0.25) is 0 Å². The van der Waals surface area contributed by atoms with E-state index in [2.05, 4.69) is 5.32 Å². The van der Waals surface area contributed by atoms with E-state index in [1.165, 1.54) is 0 Å². The molecule has 1 amide bonds. The number of aliphatic hydroxyl groups is 1. The van der Waals surface area contributed by atoms with Crippen LogP contribution in [0.1, 0.15) is 28.0 Å². The summed E-state index contributed by atoms with van der Waals surface area (Å²) in [6.07, 6.45) is -0.944. The summed E-state index contributed by atoms with van der Waals surface area (Å²) in [5, 5.41) is 14.3. The largest absolute Gasteiger partial charge is 0.497 e. The molecule has 1 spiro atoms. The number of benzene rings is 3. The van der Waals surface area contributed by atoms with Gasteiger partial charge in [0, 0.05) is 10.6 Å². The molecule has 0 unspecified atom stereocenters. The van der Waals surface area contributed by atoms with E-state index in [0.29, 0.717) is 0 Å². The van der Waals surface area contributed by atoms with E-state index in [1.54, 1.807) is 18.9 Å². The molecule has 0 aromatic heterocycles. The van der Waals surface area contributed by atoms with Gasteiger partial charge in [-0.3, -0.25) is 4.79 Å². The molecule has 0 saturated carbocycles. The van der Waals surface area contributed by atoms with Crippen molar-refractivity contribution in [2.45, 2.75) is 21.7 Å². The van der Waals surface area contributed by atoms with E-state index in [4.69, 9.17) is 4.74 Å². The summed E-state index contributed by atoms with van der Waals surface area (Å²) in [5.74, 6) is 0.597. The molecular formula is C23H19NO3S. The molecule has 0 radical (unpaired) electrons. The number of fused-ring (bicyclic) bond motifs is 3. The van der Waals surface area contributed by atoms with Crippen molar-refractivity contribution in [3.63, 3.8) is 0 Å². The predicted octanol–water partition coefficient (Wildman–Crippen LogP) is 4.47. The fraction of sp³-hybridized carbons (Fsp3) is 0.174. The number of para-hydroxylation sites is 1. The highest BCUT2D eigenvalue weighted by Gasteiger charge is 2.60. The number of aliphatic hydroxyl groups excluding tert-OH is 1. The molecule has 2 N–H and O–H groups in total. The van der Waals surface area contributed by atoms with Crippen LogP contribution in [0.25, 0.3) is 0 Å². The first-order valence-corrected chi connectivity index (χ1v) is 10.0. The number of hydrogen-bond acceptors (Lipinski definition) is 4. The Hall–Kier alpha value is -2.76. The number of carbonyl (C=O) groups is 1. The molecule has 3 aromatic rings. The lowest BCUT2D eigenvalue weighted by molar-refractivity contribution is -0.125. The van der Waals surface area contributed by atoms with Crippen molar-refractivity contribution in [1.82, 2.24) is 0 Å². The highest BCUT2D eigenvalue weighted by molar-refractivity contribution is 7.99. The summed E-state index contributed by atoms with van der Waals surface area (Å²) >= 11 is 1.63. The molecule has 3 atom stereocenters. The fourth-order valence-corrected chi connectivity index (χ4v) is 5.93. The van der Waals surface area contributed by atoms with Gasteiger partial charge in [0.2, 0.25) is 5.91 Å². The number of methoxy groups -OCH3 is 1. The maximum atomic E-state index is 13.4. The number of nitrogens with one attached hydrogen (secondary N) is 1. The van der Waals surface area contributed by atoms with Crippen molar-refractivity contribution >= 4 is 23.4 Å². The first-order chi connectivity index (χ1) is 13.7. The number of amides is 1. The van der Waals surface area contributed by atoms with Crippen LogP contribution in [0.15, 0.2) is 77.7 Å². The molecule has 0 saturated heterocycles. The lowest BCUT2D eigenvalue weighted by Gasteiger charge is -2.44. The summed E-state index contributed by atoms with van der Waals surface area (Å²) in [5.41, 5.74) is 2.29. The lowest BCUT2D eigenvalue weighted by Crippen LogP contribution is -2.46. The van der Waals surface area contributed by atoms with Gasteiger partial charge in [-0.1, -0.05) is 48.5 Å². The SMILES string of the molecule is COc1ccc([C@@H]2Sc3ccccc3[C@H](O)[C@@]23C(=O)Nc2ccccc23)cc1. The van der Waals surface area contributed by atoms with Crippen LogP contribution in [0, 0.1) is 0 Å². The van der Waals surface area contributed by atoms with Crippen LogP contribution < -0.4 is 10.1 Å². The maximum Gasteiger partial charge on any atom is 0.239 e. The molecule has 2 heterocycles. The van der Waals surface area contributed by atoms with Gasteiger partial charge in [-0.25, -0.2) is 0 Å². The summed E-state index contributed by atoms with van der Waals surface area (Å²) in [6.45, 7) is 0. The summed E-state index contributed by atoms with van der Waals surface area (Å²) in [6, 6.07) is 23.2. The summed E-state index contributed by atoms with van der Waals surface area (Å²) < 4.78 is 5.29. The monoisotopic (exact) mass is 389 g/mol. The van der Waals surface area contributed by atoms with E-state index in [9.17, 15) is 9.90 Å². The third-order valence-corrected chi connectivity index (χ3v) is 7.22. The van der Waals surface area contributed by atoms with Gasteiger partial charge in [0.05, 0.1) is 12.4 Å². The smallest absolute Gasteiger partial charge is 0.239 e. The van der Waals surface area contributed by atoms with Crippen molar-refractivity contribution in [3.8, 4) is 5.75 Å². The summed E-state index contributed by atoms with van der Waals surface area (Å²) in [4.78, 5) is 14.4.